The zero-order valence-electron chi connectivity index (χ0n) is 11.9. The molecule has 1 heterocycles. The molecule has 0 aliphatic carbocycles. The van der Waals surface area contributed by atoms with Crippen LogP contribution in [0.15, 0.2) is 42.5 Å². The molecule has 0 spiro atoms. The van der Waals surface area contributed by atoms with Crippen molar-refractivity contribution in [3.8, 4) is 0 Å². The number of nitrogens with zero attached hydrogens (tertiary/aromatic N) is 1. The number of hydrogen-bond acceptors (Lipinski definition) is 3. The van der Waals surface area contributed by atoms with E-state index in [0.717, 1.165) is 27.9 Å². The zero-order valence-corrected chi connectivity index (χ0v) is 12.8. The normalized spacial score (nSPS) is 11.7. The van der Waals surface area contributed by atoms with Crippen LogP contribution in [-0.4, -0.2) is 10.9 Å². The van der Waals surface area contributed by atoms with Crippen molar-refractivity contribution in [2.24, 2.45) is 0 Å². The first-order chi connectivity index (χ1) is 10.8. The van der Waals surface area contributed by atoms with Gasteiger partial charge >= 0.3 is 6.18 Å². The molecular weight excluding hydrogens is 325 g/mol. The molecule has 0 aliphatic heterocycles. The first-order valence-corrected chi connectivity index (χ1v) is 7.50. The Morgan fingerprint density at radius 1 is 1.17 bits per heavy atom. The maximum Gasteiger partial charge on any atom is 0.416 e. The molecule has 0 aliphatic rings. The van der Waals surface area contributed by atoms with E-state index in [9.17, 15) is 18.0 Å². The van der Waals surface area contributed by atoms with Crippen molar-refractivity contribution in [3.63, 3.8) is 0 Å². The monoisotopic (exact) mass is 336 g/mol. The second-order valence-corrected chi connectivity index (χ2v) is 6.05. The predicted octanol–water partition coefficient (Wildman–Crippen LogP) is 4.88. The number of alkyl halides is 3. The van der Waals surface area contributed by atoms with E-state index in [1.165, 1.54) is 23.5 Å². The van der Waals surface area contributed by atoms with Crippen LogP contribution in [0.4, 0.5) is 18.3 Å². The van der Waals surface area contributed by atoms with Gasteiger partial charge in [-0.15, -0.1) is 0 Å². The number of fused-ring (bicyclic) bond motifs is 1. The zero-order chi connectivity index (χ0) is 16.6. The topological polar surface area (TPSA) is 42.0 Å². The lowest BCUT2D eigenvalue weighted by atomic mass is 10.1. The fraction of sp³-hybridized carbons (Fsp3) is 0.125. The van der Waals surface area contributed by atoms with E-state index in [4.69, 9.17) is 0 Å². The van der Waals surface area contributed by atoms with E-state index < -0.39 is 17.6 Å². The maximum absolute atomic E-state index is 12.7. The van der Waals surface area contributed by atoms with Crippen molar-refractivity contribution in [1.82, 2.24) is 4.98 Å². The summed E-state index contributed by atoms with van der Waals surface area (Å²) in [4.78, 5) is 16.4. The minimum absolute atomic E-state index is 0.0599. The number of rotatable bonds is 2. The molecule has 0 fully saturated rings. The minimum Gasteiger partial charge on any atom is -0.298 e. The number of anilines is 1. The van der Waals surface area contributed by atoms with Crippen LogP contribution in [0.5, 0.6) is 0 Å². The van der Waals surface area contributed by atoms with Gasteiger partial charge in [-0.05, 0) is 42.8 Å². The Labute approximate surface area is 133 Å². The summed E-state index contributed by atoms with van der Waals surface area (Å²) in [5.74, 6) is -0.619. The molecule has 3 aromatic rings. The summed E-state index contributed by atoms with van der Waals surface area (Å²) >= 11 is 1.28. The number of aryl methyl sites for hydroxylation is 1. The van der Waals surface area contributed by atoms with Crippen molar-refractivity contribution in [2.75, 3.05) is 5.32 Å². The smallest absolute Gasteiger partial charge is 0.298 e. The van der Waals surface area contributed by atoms with E-state index in [-0.39, 0.29) is 5.56 Å². The third kappa shape index (κ3) is 3.34. The molecule has 1 N–H and O–H groups in total. The highest BCUT2D eigenvalue weighted by molar-refractivity contribution is 7.22. The number of carbonyl (C=O) groups is 1. The molecule has 23 heavy (non-hydrogen) atoms. The van der Waals surface area contributed by atoms with Gasteiger partial charge in [0.1, 0.15) is 0 Å². The number of amides is 1. The largest absolute Gasteiger partial charge is 0.416 e. The molecule has 0 atom stereocenters. The minimum atomic E-state index is -4.48. The van der Waals surface area contributed by atoms with Crippen LogP contribution in [0.2, 0.25) is 0 Å². The van der Waals surface area contributed by atoms with Crippen LogP contribution in [-0.2, 0) is 6.18 Å². The number of hydrogen-bond donors (Lipinski definition) is 1. The molecule has 7 heteroatoms. The fourth-order valence-electron chi connectivity index (χ4n) is 2.09. The summed E-state index contributed by atoms with van der Waals surface area (Å²) in [5, 5.41) is 2.90. The number of benzene rings is 2. The standard InChI is InChI=1S/C16H11F3N2OS/c1-9-5-6-12-13(7-9)23-15(20-12)21-14(22)10-3-2-4-11(8-10)16(17,18)19/h2-8H,1H3,(H,20,21,22). The summed E-state index contributed by atoms with van der Waals surface area (Å²) in [6, 6.07) is 9.97. The lowest BCUT2D eigenvalue weighted by Crippen LogP contribution is -2.13. The van der Waals surface area contributed by atoms with E-state index in [2.05, 4.69) is 10.3 Å². The molecule has 118 valence electrons. The van der Waals surface area contributed by atoms with Gasteiger partial charge in [0.25, 0.3) is 5.91 Å². The van der Waals surface area contributed by atoms with Gasteiger partial charge in [0.2, 0.25) is 0 Å². The highest BCUT2D eigenvalue weighted by Gasteiger charge is 2.30. The van der Waals surface area contributed by atoms with Crippen LogP contribution in [0.3, 0.4) is 0 Å². The summed E-state index contributed by atoms with van der Waals surface area (Å²) < 4.78 is 39.0. The van der Waals surface area contributed by atoms with Crippen LogP contribution in [0.25, 0.3) is 10.2 Å². The highest BCUT2D eigenvalue weighted by atomic mass is 32.1. The molecule has 0 bridgehead atoms. The van der Waals surface area contributed by atoms with E-state index in [1.54, 1.807) is 0 Å². The molecule has 1 amide bonds. The molecule has 0 saturated heterocycles. The van der Waals surface area contributed by atoms with Crippen molar-refractivity contribution in [3.05, 3.63) is 59.2 Å². The summed E-state index contributed by atoms with van der Waals surface area (Å²) in [7, 11) is 0. The van der Waals surface area contributed by atoms with Crippen molar-refractivity contribution < 1.29 is 18.0 Å². The Kier molecular flexibility index (Phi) is 3.81. The van der Waals surface area contributed by atoms with Gasteiger partial charge in [0, 0.05) is 5.56 Å². The van der Waals surface area contributed by atoms with Crippen LogP contribution in [0.1, 0.15) is 21.5 Å². The summed E-state index contributed by atoms with van der Waals surface area (Å²) in [6.07, 6.45) is -4.48. The van der Waals surface area contributed by atoms with Gasteiger partial charge in [-0.1, -0.05) is 23.5 Å². The van der Waals surface area contributed by atoms with Crippen molar-refractivity contribution in [1.29, 1.82) is 0 Å². The molecule has 3 rings (SSSR count). The third-order valence-electron chi connectivity index (χ3n) is 3.22. The van der Waals surface area contributed by atoms with Gasteiger partial charge in [-0.25, -0.2) is 4.98 Å². The average Bonchev–Trinajstić information content (AvgIpc) is 2.87. The van der Waals surface area contributed by atoms with Crippen LogP contribution >= 0.6 is 11.3 Å². The van der Waals surface area contributed by atoms with Gasteiger partial charge < -0.3 is 0 Å². The van der Waals surface area contributed by atoms with Crippen molar-refractivity contribution >= 4 is 32.6 Å². The SMILES string of the molecule is Cc1ccc2nc(NC(=O)c3cccc(C(F)(F)F)c3)sc2c1. The first-order valence-electron chi connectivity index (χ1n) is 6.69. The number of thiazole rings is 1. The average molecular weight is 336 g/mol. The maximum atomic E-state index is 12.7. The molecule has 0 radical (unpaired) electrons. The predicted molar refractivity (Wildman–Crippen MR) is 83.8 cm³/mol. The molecule has 0 unspecified atom stereocenters. The third-order valence-corrected chi connectivity index (χ3v) is 4.15. The van der Waals surface area contributed by atoms with E-state index >= 15 is 0 Å². The Bertz CT molecular complexity index is 886. The number of aromatic nitrogens is 1. The van der Waals surface area contributed by atoms with E-state index in [1.807, 2.05) is 25.1 Å². The summed E-state index contributed by atoms with van der Waals surface area (Å²) in [6.45, 7) is 1.94. The van der Waals surface area contributed by atoms with Gasteiger partial charge in [0.05, 0.1) is 15.8 Å². The molecular formula is C16H11F3N2OS. The Balaban J connectivity index is 1.85. The van der Waals surface area contributed by atoms with Crippen molar-refractivity contribution in [2.45, 2.75) is 13.1 Å². The number of nitrogens with one attached hydrogen (secondary N) is 1. The molecule has 0 saturated carbocycles. The number of halogens is 3. The second-order valence-electron chi connectivity index (χ2n) is 5.02. The fourth-order valence-corrected chi connectivity index (χ4v) is 3.05. The highest BCUT2D eigenvalue weighted by Crippen LogP contribution is 2.30. The van der Waals surface area contributed by atoms with E-state index in [0.29, 0.717) is 5.13 Å². The summed E-state index contributed by atoms with van der Waals surface area (Å²) in [5.41, 5.74) is 0.886. The Hall–Kier alpha value is -2.41. The van der Waals surface area contributed by atoms with Gasteiger partial charge in [-0.3, -0.25) is 10.1 Å². The lowest BCUT2D eigenvalue weighted by Gasteiger charge is -2.08. The van der Waals surface area contributed by atoms with Crippen LogP contribution in [0, 0.1) is 6.92 Å². The Morgan fingerprint density at radius 3 is 2.70 bits per heavy atom. The molecule has 3 nitrogen and oxygen atoms in total. The first kappa shape index (κ1) is 15.5. The number of carbonyl (C=O) groups excluding carboxylic acids is 1. The van der Waals surface area contributed by atoms with Crippen LogP contribution < -0.4 is 5.32 Å². The second kappa shape index (κ2) is 5.66. The molecule has 1 aromatic heterocycles. The van der Waals surface area contributed by atoms with Gasteiger partial charge in [-0.2, -0.15) is 13.2 Å². The quantitative estimate of drug-likeness (QED) is 0.725. The Morgan fingerprint density at radius 2 is 1.96 bits per heavy atom. The molecule has 2 aromatic carbocycles. The lowest BCUT2D eigenvalue weighted by molar-refractivity contribution is -0.137. The van der Waals surface area contributed by atoms with Gasteiger partial charge in [0.15, 0.2) is 5.13 Å².